The van der Waals surface area contributed by atoms with Crippen molar-refractivity contribution in [3.8, 4) is 0 Å². The van der Waals surface area contributed by atoms with E-state index >= 15 is 0 Å². The molecule has 0 bridgehead atoms. The fourth-order valence-electron chi connectivity index (χ4n) is 5.16. The molecule has 2 aliphatic rings. The Kier molecular flexibility index (Phi) is 5.98. The summed E-state index contributed by atoms with van der Waals surface area (Å²) >= 11 is 0. The number of benzene rings is 3. The third-order valence-electron chi connectivity index (χ3n) is 7.17. The second-order valence-corrected chi connectivity index (χ2v) is 9.50. The van der Waals surface area contributed by atoms with E-state index in [4.69, 9.17) is 0 Å². The van der Waals surface area contributed by atoms with Crippen molar-refractivity contribution in [3.63, 3.8) is 0 Å². The third kappa shape index (κ3) is 4.38. The number of aromatic nitrogens is 1. The number of piperazine rings is 1. The maximum Gasteiger partial charge on any atom is 0.261 e. The minimum Gasteiger partial charge on any atom is -0.336 e. The second kappa shape index (κ2) is 9.59. The van der Waals surface area contributed by atoms with Gasteiger partial charge in [0.2, 0.25) is 0 Å². The number of hydrogen-bond acceptors (Lipinski definition) is 5. The molecule has 2 aliphatic heterocycles. The maximum absolute atomic E-state index is 13.3. The van der Waals surface area contributed by atoms with Gasteiger partial charge in [0.05, 0.1) is 23.2 Å². The Morgan fingerprint density at radius 2 is 1.51 bits per heavy atom. The van der Waals surface area contributed by atoms with E-state index in [2.05, 4.69) is 34.1 Å². The Hall–Kier alpha value is -4.36. The van der Waals surface area contributed by atoms with Gasteiger partial charge in [-0.2, -0.15) is 0 Å². The van der Waals surface area contributed by atoms with Crippen LogP contribution >= 0.6 is 0 Å². The van der Waals surface area contributed by atoms with Crippen LogP contribution in [0.2, 0.25) is 0 Å². The molecular formula is C30H26N4O3. The molecule has 4 aromatic rings. The Morgan fingerprint density at radius 3 is 2.32 bits per heavy atom. The van der Waals surface area contributed by atoms with Gasteiger partial charge in [-0.1, -0.05) is 54.6 Å². The molecule has 7 nitrogen and oxygen atoms in total. The molecule has 0 atom stereocenters. The van der Waals surface area contributed by atoms with Crippen LogP contribution in [0.3, 0.4) is 0 Å². The SMILES string of the molecule is O=C(c1ccc2c(c1)C(=O)N(Cc1ccccc1)C2=O)N1CCN(Cc2cccc3cccnc23)CC1. The number of carbonyl (C=O) groups is 3. The number of nitrogens with zero attached hydrogens (tertiary/aromatic N) is 4. The monoisotopic (exact) mass is 490 g/mol. The number of fused-ring (bicyclic) bond motifs is 2. The van der Waals surface area contributed by atoms with Crippen LogP contribution in [0.1, 0.15) is 42.2 Å². The maximum atomic E-state index is 13.3. The van der Waals surface area contributed by atoms with Gasteiger partial charge in [0.15, 0.2) is 0 Å². The molecule has 0 aliphatic carbocycles. The van der Waals surface area contributed by atoms with Crippen LogP contribution in [0.4, 0.5) is 0 Å². The van der Waals surface area contributed by atoms with E-state index in [0.29, 0.717) is 29.8 Å². The first kappa shape index (κ1) is 23.1. The molecular weight excluding hydrogens is 464 g/mol. The van der Waals surface area contributed by atoms with Crippen LogP contribution in [0, 0.1) is 0 Å². The van der Waals surface area contributed by atoms with Gasteiger partial charge in [-0.25, -0.2) is 0 Å². The lowest BCUT2D eigenvalue weighted by atomic mass is 10.0. The minimum absolute atomic E-state index is 0.115. The zero-order valence-corrected chi connectivity index (χ0v) is 20.3. The number of para-hydroxylation sites is 1. The van der Waals surface area contributed by atoms with Gasteiger partial charge in [-0.05, 0) is 35.4 Å². The van der Waals surface area contributed by atoms with Crippen LogP contribution in [0.5, 0.6) is 0 Å². The molecule has 3 amide bonds. The summed E-state index contributed by atoms with van der Waals surface area (Å²) in [7, 11) is 0. The number of imide groups is 1. The molecule has 37 heavy (non-hydrogen) atoms. The van der Waals surface area contributed by atoms with Gasteiger partial charge in [0.25, 0.3) is 17.7 Å². The molecule has 7 heteroatoms. The van der Waals surface area contributed by atoms with Crippen molar-refractivity contribution in [1.82, 2.24) is 19.7 Å². The van der Waals surface area contributed by atoms with Crippen LogP contribution in [0.25, 0.3) is 10.9 Å². The van der Waals surface area contributed by atoms with Gasteiger partial charge in [0, 0.05) is 49.9 Å². The van der Waals surface area contributed by atoms with E-state index in [1.807, 2.05) is 47.5 Å². The van der Waals surface area contributed by atoms with E-state index in [1.165, 1.54) is 10.5 Å². The summed E-state index contributed by atoms with van der Waals surface area (Å²) in [5.74, 6) is -0.789. The molecule has 0 N–H and O–H groups in total. The van der Waals surface area contributed by atoms with Crippen LogP contribution < -0.4 is 0 Å². The quantitative estimate of drug-likeness (QED) is 0.396. The van der Waals surface area contributed by atoms with Crippen LogP contribution in [-0.2, 0) is 13.1 Å². The molecule has 3 heterocycles. The predicted octanol–water partition coefficient (Wildman–Crippen LogP) is 3.99. The second-order valence-electron chi connectivity index (χ2n) is 9.50. The summed E-state index contributed by atoms with van der Waals surface area (Å²) in [5.41, 5.74) is 4.17. The number of pyridine rings is 1. The number of amides is 3. The predicted molar refractivity (Wildman–Crippen MR) is 140 cm³/mol. The molecule has 0 radical (unpaired) electrons. The molecule has 1 fully saturated rings. The summed E-state index contributed by atoms with van der Waals surface area (Å²) in [6.07, 6.45) is 1.82. The first-order chi connectivity index (χ1) is 18.1. The highest BCUT2D eigenvalue weighted by atomic mass is 16.2. The van der Waals surface area contributed by atoms with Crippen molar-refractivity contribution in [2.45, 2.75) is 13.1 Å². The van der Waals surface area contributed by atoms with E-state index in [-0.39, 0.29) is 24.3 Å². The van der Waals surface area contributed by atoms with Crippen LogP contribution in [-0.4, -0.2) is 63.6 Å². The number of hydrogen-bond donors (Lipinski definition) is 0. The molecule has 0 saturated carbocycles. The molecule has 0 spiro atoms. The Labute approximate surface area is 214 Å². The number of carbonyl (C=O) groups excluding carboxylic acids is 3. The highest BCUT2D eigenvalue weighted by Crippen LogP contribution is 2.26. The fourth-order valence-corrected chi connectivity index (χ4v) is 5.16. The lowest BCUT2D eigenvalue weighted by Gasteiger charge is -2.35. The summed E-state index contributed by atoms with van der Waals surface area (Å²) in [4.78, 5) is 49.1. The Balaban J connectivity index is 1.12. The largest absolute Gasteiger partial charge is 0.336 e. The average molecular weight is 491 g/mol. The Bertz CT molecular complexity index is 1500. The summed E-state index contributed by atoms with van der Waals surface area (Å²) in [6.45, 7) is 3.69. The van der Waals surface area contributed by atoms with Gasteiger partial charge in [0.1, 0.15) is 0 Å². The molecule has 184 valence electrons. The van der Waals surface area contributed by atoms with Gasteiger partial charge < -0.3 is 4.90 Å². The van der Waals surface area contributed by atoms with Crippen molar-refractivity contribution in [2.75, 3.05) is 26.2 Å². The van der Waals surface area contributed by atoms with Gasteiger partial charge in [-0.3, -0.25) is 29.2 Å². The molecule has 3 aromatic carbocycles. The topological polar surface area (TPSA) is 73.8 Å². The zero-order valence-electron chi connectivity index (χ0n) is 20.3. The van der Waals surface area contributed by atoms with E-state index in [0.717, 1.165) is 36.1 Å². The highest BCUT2D eigenvalue weighted by molar-refractivity contribution is 6.22. The number of rotatable bonds is 5. The fraction of sp³-hybridized carbons (Fsp3) is 0.200. The van der Waals surface area contributed by atoms with Gasteiger partial charge in [-0.15, -0.1) is 0 Å². The standard InChI is InChI=1S/C30H26N4O3/c35-28(33-16-14-32(15-17-33)20-24-9-4-8-22-10-5-13-31-27(22)24)23-11-12-25-26(18-23)30(37)34(29(25)36)19-21-6-2-1-3-7-21/h1-13,18H,14-17,19-20H2. The molecule has 6 rings (SSSR count). The van der Waals surface area contributed by atoms with Crippen molar-refractivity contribution in [2.24, 2.45) is 0 Å². The zero-order chi connectivity index (χ0) is 25.4. The van der Waals surface area contributed by atoms with E-state index in [1.54, 1.807) is 18.2 Å². The summed E-state index contributed by atoms with van der Waals surface area (Å²) < 4.78 is 0. The average Bonchev–Trinajstić information content (AvgIpc) is 3.18. The summed E-state index contributed by atoms with van der Waals surface area (Å²) in [5, 5.41) is 1.13. The van der Waals surface area contributed by atoms with Gasteiger partial charge >= 0.3 is 0 Å². The van der Waals surface area contributed by atoms with E-state index in [9.17, 15) is 14.4 Å². The molecule has 1 aromatic heterocycles. The first-order valence-corrected chi connectivity index (χ1v) is 12.5. The van der Waals surface area contributed by atoms with E-state index < -0.39 is 0 Å². The van der Waals surface area contributed by atoms with Crippen molar-refractivity contribution >= 4 is 28.6 Å². The van der Waals surface area contributed by atoms with Crippen molar-refractivity contribution < 1.29 is 14.4 Å². The first-order valence-electron chi connectivity index (χ1n) is 12.5. The Morgan fingerprint density at radius 1 is 0.757 bits per heavy atom. The van der Waals surface area contributed by atoms with Crippen molar-refractivity contribution in [1.29, 1.82) is 0 Å². The lowest BCUT2D eigenvalue weighted by molar-refractivity contribution is 0.0626. The highest BCUT2D eigenvalue weighted by Gasteiger charge is 2.36. The van der Waals surface area contributed by atoms with Crippen LogP contribution in [0.15, 0.2) is 85.1 Å². The smallest absolute Gasteiger partial charge is 0.261 e. The van der Waals surface area contributed by atoms with Crippen molar-refractivity contribution in [3.05, 3.63) is 113 Å². The molecule has 0 unspecified atom stereocenters. The normalized spacial score (nSPS) is 15.9. The minimum atomic E-state index is -0.355. The molecule has 1 saturated heterocycles. The summed E-state index contributed by atoms with van der Waals surface area (Å²) in [6, 6.07) is 24.5. The lowest BCUT2D eigenvalue weighted by Crippen LogP contribution is -2.48. The third-order valence-corrected chi connectivity index (χ3v) is 7.17.